The quantitative estimate of drug-likeness (QED) is 0.653. The van der Waals surface area contributed by atoms with Gasteiger partial charge in [0, 0.05) is 5.56 Å². The Bertz CT molecular complexity index is 801. The summed E-state index contributed by atoms with van der Waals surface area (Å²) in [6, 6.07) is 0. The maximum atomic E-state index is 13.0. The Kier molecular flexibility index (Phi) is 3.80. The maximum absolute atomic E-state index is 13.0. The summed E-state index contributed by atoms with van der Waals surface area (Å²) < 4.78 is 11.1. The Balaban J connectivity index is 2.29. The van der Waals surface area contributed by atoms with Gasteiger partial charge in [0.2, 0.25) is 11.4 Å². The number of carbonyl (C=O) groups excluding carboxylic acids is 3. The van der Waals surface area contributed by atoms with Gasteiger partial charge in [-0.25, -0.2) is 0 Å². The Morgan fingerprint density at radius 2 is 2.00 bits per heavy atom. The number of hydrogen-bond donors (Lipinski definition) is 1. The molecule has 3 rings (SSSR count). The number of fused-ring (bicyclic) bond motifs is 2. The van der Waals surface area contributed by atoms with Crippen LogP contribution in [0.2, 0.25) is 0 Å². The fourth-order valence-electron chi connectivity index (χ4n) is 3.78. The largest absolute Gasteiger partial charge is 0.460 e. The zero-order valence-corrected chi connectivity index (χ0v) is 15.0. The summed E-state index contributed by atoms with van der Waals surface area (Å²) in [6.07, 6.45) is 3.26. The highest BCUT2D eigenvalue weighted by Gasteiger charge is 2.69. The Morgan fingerprint density at radius 3 is 2.60 bits per heavy atom. The monoisotopic (exact) mass is 346 g/mol. The Hall–Kier alpha value is -2.21. The van der Waals surface area contributed by atoms with Crippen LogP contribution in [0.15, 0.2) is 22.8 Å². The van der Waals surface area contributed by atoms with E-state index in [2.05, 4.69) is 0 Å². The number of hydrogen-bond acceptors (Lipinski definition) is 6. The van der Waals surface area contributed by atoms with Gasteiger partial charge >= 0.3 is 5.97 Å². The Morgan fingerprint density at radius 1 is 1.36 bits per heavy atom. The van der Waals surface area contributed by atoms with Crippen LogP contribution < -0.4 is 0 Å². The van der Waals surface area contributed by atoms with Crippen molar-refractivity contribution in [3.63, 3.8) is 0 Å². The van der Waals surface area contributed by atoms with Gasteiger partial charge in [-0.3, -0.25) is 14.4 Å². The van der Waals surface area contributed by atoms with Crippen LogP contribution in [0.1, 0.15) is 55.5 Å². The van der Waals surface area contributed by atoms with Crippen molar-refractivity contribution in [2.45, 2.75) is 46.3 Å². The molecule has 0 aliphatic heterocycles. The highest BCUT2D eigenvalue weighted by Crippen LogP contribution is 2.59. The standard InChI is InChI=1S/C19H22O6/c1-9(2)17(22)25-16-13-10(3)8-24-14(13)15(21)19(23)12(20)7-6-11(4)18(16,19)5/h6-9,11,16,23H,1-5H3/t11-,16+,18+,19+/m1/s1. The third-order valence-corrected chi connectivity index (χ3v) is 5.69. The number of ether oxygens (including phenoxy) is 1. The van der Waals surface area contributed by atoms with Gasteiger partial charge in [0.05, 0.1) is 17.6 Å². The van der Waals surface area contributed by atoms with E-state index >= 15 is 0 Å². The molecule has 1 N–H and O–H groups in total. The van der Waals surface area contributed by atoms with Gasteiger partial charge in [-0.2, -0.15) is 0 Å². The topological polar surface area (TPSA) is 93.8 Å². The second-order valence-corrected chi connectivity index (χ2v) is 7.47. The SMILES string of the molecule is Cc1coc2c1[C@H](OC(=O)C(C)C)[C@]1(C)[C@H](C)C=CC(=O)[C@]1(O)C2=O. The number of carbonyl (C=O) groups is 3. The van der Waals surface area contributed by atoms with Crippen LogP contribution in [0.25, 0.3) is 0 Å². The lowest BCUT2D eigenvalue weighted by molar-refractivity contribution is -0.187. The first-order valence-electron chi connectivity index (χ1n) is 8.35. The van der Waals surface area contributed by atoms with Crippen LogP contribution in [-0.4, -0.2) is 28.2 Å². The van der Waals surface area contributed by atoms with Gasteiger partial charge in [0.15, 0.2) is 11.5 Å². The van der Waals surface area contributed by atoms with Crippen LogP contribution in [-0.2, 0) is 14.3 Å². The van der Waals surface area contributed by atoms with E-state index in [1.807, 2.05) is 0 Å². The van der Waals surface area contributed by atoms with Crippen LogP contribution in [0.4, 0.5) is 0 Å². The average molecular weight is 346 g/mol. The lowest BCUT2D eigenvalue weighted by atomic mass is 9.52. The second-order valence-electron chi connectivity index (χ2n) is 7.47. The normalized spacial score (nSPS) is 34.0. The van der Waals surface area contributed by atoms with Crippen molar-refractivity contribution in [1.29, 1.82) is 0 Å². The fourth-order valence-corrected chi connectivity index (χ4v) is 3.78. The van der Waals surface area contributed by atoms with E-state index in [-0.39, 0.29) is 11.7 Å². The predicted molar refractivity (Wildman–Crippen MR) is 87.8 cm³/mol. The summed E-state index contributed by atoms with van der Waals surface area (Å²) in [5.74, 6) is -2.86. The molecule has 1 aromatic rings. The molecule has 0 saturated carbocycles. The molecule has 4 atom stereocenters. The lowest BCUT2D eigenvalue weighted by Crippen LogP contribution is -2.66. The molecule has 6 nitrogen and oxygen atoms in total. The molecule has 0 spiro atoms. The van der Waals surface area contributed by atoms with E-state index in [9.17, 15) is 19.5 Å². The first kappa shape index (κ1) is 17.6. The number of aliphatic hydroxyl groups is 1. The molecule has 0 saturated heterocycles. The number of ketones is 2. The van der Waals surface area contributed by atoms with E-state index in [0.29, 0.717) is 11.1 Å². The molecular weight excluding hydrogens is 324 g/mol. The van der Waals surface area contributed by atoms with Crippen LogP contribution >= 0.6 is 0 Å². The summed E-state index contributed by atoms with van der Waals surface area (Å²) in [5, 5.41) is 11.2. The zero-order chi connectivity index (χ0) is 18.7. The molecule has 0 radical (unpaired) electrons. The lowest BCUT2D eigenvalue weighted by Gasteiger charge is -2.53. The number of esters is 1. The number of rotatable bonds is 2. The van der Waals surface area contributed by atoms with Gasteiger partial charge in [-0.1, -0.05) is 33.8 Å². The first-order valence-corrected chi connectivity index (χ1v) is 8.35. The third-order valence-electron chi connectivity index (χ3n) is 5.69. The molecule has 0 bridgehead atoms. The molecule has 2 aliphatic rings. The highest BCUT2D eigenvalue weighted by molar-refractivity contribution is 6.22. The zero-order valence-electron chi connectivity index (χ0n) is 15.0. The maximum Gasteiger partial charge on any atom is 0.309 e. The summed E-state index contributed by atoms with van der Waals surface area (Å²) >= 11 is 0. The van der Waals surface area contributed by atoms with Gasteiger partial charge in [-0.15, -0.1) is 0 Å². The van der Waals surface area contributed by atoms with Crippen molar-refractivity contribution in [3.8, 4) is 0 Å². The predicted octanol–water partition coefficient (Wildman–Crippen LogP) is 2.54. The molecular formula is C19H22O6. The number of aryl methyl sites for hydroxylation is 1. The van der Waals surface area contributed by atoms with Crippen molar-refractivity contribution < 1.29 is 28.6 Å². The molecule has 1 heterocycles. The first-order chi connectivity index (χ1) is 11.6. The third kappa shape index (κ3) is 2.03. The van der Waals surface area contributed by atoms with E-state index < -0.39 is 40.6 Å². The average Bonchev–Trinajstić information content (AvgIpc) is 2.93. The molecule has 0 unspecified atom stereocenters. The summed E-state index contributed by atoms with van der Waals surface area (Å²) in [4.78, 5) is 37.8. The molecule has 0 aromatic carbocycles. The van der Waals surface area contributed by atoms with Crippen LogP contribution in [0.3, 0.4) is 0 Å². The van der Waals surface area contributed by atoms with Crippen LogP contribution in [0, 0.1) is 24.2 Å². The number of allylic oxidation sites excluding steroid dienone is 1. The molecule has 25 heavy (non-hydrogen) atoms. The minimum Gasteiger partial charge on any atom is -0.460 e. The van der Waals surface area contributed by atoms with Crippen molar-refractivity contribution in [2.24, 2.45) is 17.3 Å². The van der Waals surface area contributed by atoms with E-state index in [1.54, 1.807) is 40.7 Å². The summed E-state index contributed by atoms with van der Waals surface area (Å²) in [5.41, 5.74) is -2.59. The van der Waals surface area contributed by atoms with Gasteiger partial charge in [0.1, 0.15) is 6.10 Å². The smallest absolute Gasteiger partial charge is 0.309 e. The van der Waals surface area contributed by atoms with E-state index in [4.69, 9.17) is 9.15 Å². The minimum atomic E-state index is -2.33. The summed E-state index contributed by atoms with van der Waals surface area (Å²) in [6.45, 7) is 8.54. The second kappa shape index (κ2) is 5.39. The van der Waals surface area contributed by atoms with Crippen LogP contribution in [0.5, 0.6) is 0 Å². The van der Waals surface area contributed by atoms with Crippen molar-refractivity contribution in [1.82, 2.24) is 0 Å². The van der Waals surface area contributed by atoms with Gasteiger partial charge < -0.3 is 14.3 Å². The molecule has 2 aliphatic carbocycles. The van der Waals surface area contributed by atoms with Crippen molar-refractivity contribution in [3.05, 3.63) is 35.3 Å². The Labute approximate surface area is 145 Å². The fraction of sp³-hybridized carbons (Fsp3) is 0.526. The highest BCUT2D eigenvalue weighted by atomic mass is 16.5. The van der Waals surface area contributed by atoms with Gasteiger partial charge in [-0.05, 0) is 24.5 Å². The van der Waals surface area contributed by atoms with Crippen molar-refractivity contribution >= 4 is 17.5 Å². The van der Waals surface area contributed by atoms with E-state index in [0.717, 1.165) is 0 Å². The number of Topliss-reactive ketones (excluding diaryl/α,β-unsaturated/α-hetero) is 1. The van der Waals surface area contributed by atoms with Gasteiger partial charge in [0.25, 0.3) is 0 Å². The molecule has 0 amide bonds. The molecule has 0 fully saturated rings. The molecule has 134 valence electrons. The minimum absolute atomic E-state index is 0.116. The van der Waals surface area contributed by atoms with Crippen molar-refractivity contribution in [2.75, 3.05) is 0 Å². The molecule has 1 aromatic heterocycles. The summed E-state index contributed by atoms with van der Waals surface area (Å²) in [7, 11) is 0. The number of furan rings is 1. The molecule has 6 heteroatoms. The van der Waals surface area contributed by atoms with E-state index in [1.165, 1.54) is 12.3 Å².